The Labute approximate surface area is 477 Å². The van der Waals surface area contributed by atoms with Crippen LogP contribution >= 0.6 is 0 Å². The molecule has 0 N–H and O–H groups in total. The van der Waals surface area contributed by atoms with Crippen LogP contribution in [0.15, 0.2) is 97.2 Å². The quantitative estimate of drug-likeness (QED) is 0.0261. The van der Waals surface area contributed by atoms with Gasteiger partial charge in [0, 0.05) is 12.8 Å². The molecule has 0 bridgehead atoms. The lowest BCUT2D eigenvalue weighted by Gasteiger charge is -2.18. The van der Waals surface area contributed by atoms with E-state index in [1.165, 1.54) is 193 Å². The van der Waals surface area contributed by atoms with E-state index in [1.54, 1.807) is 6.08 Å². The summed E-state index contributed by atoms with van der Waals surface area (Å²) < 4.78 is 16.8. The minimum Gasteiger partial charge on any atom is -0.462 e. The first-order valence-electron chi connectivity index (χ1n) is 32.7. The van der Waals surface area contributed by atoms with Gasteiger partial charge < -0.3 is 14.2 Å². The molecule has 0 saturated heterocycles. The minimum atomic E-state index is -0.818. The topological polar surface area (TPSA) is 78.9 Å². The van der Waals surface area contributed by atoms with E-state index in [4.69, 9.17) is 14.2 Å². The van der Waals surface area contributed by atoms with Gasteiger partial charge in [-0.1, -0.05) is 311 Å². The standard InChI is InChI=1S/C71H122O6/c1-4-7-10-13-16-19-22-25-28-30-31-32-33-34-35-36-37-38-39-41-43-46-49-52-55-58-61-64-70(73)76-67-68(66-75-69(72)63-60-57-54-51-48-45-42-27-24-21-18-15-12-9-6-3)77-71(74)65-62-59-56-53-50-47-44-40-29-26-23-20-17-14-11-8-5-2/h9,12,18,21-22,25,27,30-31,33-34,42,48,51,57,60,68H,4-8,10-11,13-17,19-20,23-24,26,28-29,32,35-41,43-47,49-50,52-56,58-59,61-67H2,1-3H3/b12-9-,21-18-,25-22-,31-30-,34-33-,42-27-,51-48-,60-57-. The summed E-state index contributed by atoms with van der Waals surface area (Å²) in [6.45, 7) is 6.46. The smallest absolute Gasteiger partial charge is 0.309 e. The Hall–Kier alpha value is -3.67. The summed E-state index contributed by atoms with van der Waals surface area (Å²) in [5.41, 5.74) is 0. The van der Waals surface area contributed by atoms with Crippen LogP contribution < -0.4 is 0 Å². The van der Waals surface area contributed by atoms with Crippen molar-refractivity contribution in [1.29, 1.82) is 0 Å². The molecule has 0 spiro atoms. The van der Waals surface area contributed by atoms with Crippen molar-refractivity contribution in [2.75, 3.05) is 13.2 Å². The first-order valence-corrected chi connectivity index (χ1v) is 32.7. The summed E-state index contributed by atoms with van der Waals surface area (Å²) in [7, 11) is 0. The first-order chi connectivity index (χ1) is 38.0. The maximum absolute atomic E-state index is 12.9. The van der Waals surface area contributed by atoms with Gasteiger partial charge in [-0.05, 0) is 83.5 Å². The number of unbranched alkanes of at least 4 members (excludes halogenated alkanes) is 33. The van der Waals surface area contributed by atoms with Crippen molar-refractivity contribution in [3.63, 3.8) is 0 Å². The molecule has 442 valence electrons. The van der Waals surface area contributed by atoms with Crippen molar-refractivity contribution in [3.05, 3.63) is 97.2 Å². The van der Waals surface area contributed by atoms with E-state index < -0.39 is 12.1 Å². The van der Waals surface area contributed by atoms with E-state index in [0.29, 0.717) is 12.8 Å². The zero-order chi connectivity index (χ0) is 55.7. The second-order valence-electron chi connectivity index (χ2n) is 21.7. The Morgan fingerprint density at radius 2 is 0.558 bits per heavy atom. The molecule has 0 fully saturated rings. The highest BCUT2D eigenvalue weighted by Crippen LogP contribution is 2.17. The van der Waals surface area contributed by atoms with Crippen LogP contribution in [-0.2, 0) is 28.6 Å². The lowest BCUT2D eigenvalue weighted by atomic mass is 10.0. The zero-order valence-electron chi connectivity index (χ0n) is 50.7. The third-order valence-corrected chi connectivity index (χ3v) is 14.1. The van der Waals surface area contributed by atoms with E-state index in [9.17, 15) is 14.4 Å². The molecule has 0 aromatic rings. The Bertz CT molecular complexity index is 1510. The van der Waals surface area contributed by atoms with Gasteiger partial charge in [-0.15, -0.1) is 0 Å². The van der Waals surface area contributed by atoms with Crippen molar-refractivity contribution in [2.24, 2.45) is 0 Å². The van der Waals surface area contributed by atoms with Crippen LogP contribution in [0.2, 0.25) is 0 Å². The summed E-state index contributed by atoms with van der Waals surface area (Å²) in [6, 6.07) is 0. The molecule has 0 radical (unpaired) electrons. The maximum Gasteiger partial charge on any atom is 0.309 e. The van der Waals surface area contributed by atoms with Gasteiger partial charge in [0.25, 0.3) is 0 Å². The summed E-state index contributed by atoms with van der Waals surface area (Å²) in [6.07, 6.45) is 87.3. The lowest BCUT2D eigenvalue weighted by Crippen LogP contribution is -2.30. The van der Waals surface area contributed by atoms with Crippen LogP contribution in [0.3, 0.4) is 0 Å². The Balaban J connectivity index is 4.35. The highest BCUT2D eigenvalue weighted by molar-refractivity contribution is 5.72. The molecule has 0 heterocycles. The van der Waals surface area contributed by atoms with Gasteiger partial charge in [-0.2, -0.15) is 0 Å². The first kappa shape index (κ1) is 73.3. The zero-order valence-corrected chi connectivity index (χ0v) is 50.7. The van der Waals surface area contributed by atoms with Crippen molar-refractivity contribution < 1.29 is 28.6 Å². The molecule has 1 unspecified atom stereocenters. The maximum atomic E-state index is 12.9. The van der Waals surface area contributed by atoms with Crippen LogP contribution in [0.1, 0.15) is 316 Å². The van der Waals surface area contributed by atoms with Crippen molar-refractivity contribution in [3.8, 4) is 0 Å². The molecule has 0 aliphatic heterocycles. The van der Waals surface area contributed by atoms with E-state index >= 15 is 0 Å². The largest absolute Gasteiger partial charge is 0.462 e. The minimum absolute atomic E-state index is 0.106. The fourth-order valence-electron chi connectivity index (χ4n) is 9.23. The van der Waals surface area contributed by atoms with Crippen LogP contribution in [0.4, 0.5) is 0 Å². The highest BCUT2D eigenvalue weighted by atomic mass is 16.6. The van der Waals surface area contributed by atoms with Gasteiger partial charge in [-0.3, -0.25) is 14.4 Å². The molecule has 0 rings (SSSR count). The molecule has 77 heavy (non-hydrogen) atoms. The van der Waals surface area contributed by atoms with Crippen LogP contribution in [0.5, 0.6) is 0 Å². The van der Waals surface area contributed by atoms with E-state index in [1.807, 2.05) is 6.08 Å². The molecule has 6 heteroatoms. The van der Waals surface area contributed by atoms with Crippen molar-refractivity contribution in [1.82, 2.24) is 0 Å². The number of carbonyl (C=O) groups excluding carboxylic acids is 3. The number of ether oxygens (including phenoxy) is 3. The molecular weight excluding hydrogens is 949 g/mol. The number of esters is 3. The molecule has 0 aliphatic rings. The second-order valence-corrected chi connectivity index (χ2v) is 21.7. The summed E-state index contributed by atoms with van der Waals surface area (Å²) in [5.74, 6) is -1.03. The summed E-state index contributed by atoms with van der Waals surface area (Å²) in [4.78, 5) is 38.3. The second kappa shape index (κ2) is 64.9. The Kier molecular flexibility index (Phi) is 61.8. The van der Waals surface area contributed by atoms with Crippen LogP contribution in [0.25, 0.3) is 0 Å². The monoisotopic (exact) mass is 1070 g/mol. The van der Waals surface area contributed by atoms with Crippen molar-refractivity contribution in [2.45, 2.75) is 322 Å². The SMILES string of the molecule is CC/C=C\C/C=C\C/C=C\C/C=C\C/C=C\CC(=O)OCC(COC(=O)CCCCCCCCCCCCCC/C=C\C/C=C\C/C=C\CCCCCCC)OC(=O)CCCCCCCCCCCCCCCCCCC. The highest BCUT2D eigenvalue weighted by Gasteiger charge is 2.19. The number of rotatable bonds is 59. The molecule has 0 aromatic heterocycles. The number of hydrogen-bond donors (Lipinski definition) is 0. The summed E-state index contributed by atoms with van der Waals surface area (Å²) >= 11 is 0. The number of hydrogen-bond acceptors (Lipinski definition) is 6. The van der Waals surface area contributed by atoms with E-state index in [2.05, 4.69) is 106 Å². The van der Waals surface area contributed by atoms with Gasteiger partial charge >= 0.3 is 17.9 Å². The predicted octanol–water partition coefficient (Wildman–Crippen LogP) is 22.4. The van der Waals surface area contributed by atoms with E-state index in [0.717, 1.165) is 83.5 Å². The Morgan fingerprint density at radius 3 is 0.909 bits per heavy atom. The molecule has 0 aromatic carbocycles. The van der Waals surface area contributed by atoms with Crippen molar-refractivity contribution >= 4 is 17.9 Å². The fraction of sp³-hybridized carbons (Fsp3) is 0.732. The molecule has 6 nitrogen and oxygen atoms in total. The van der Waals surface area contributed by atoms with Gasteiger partial charge in [0.1, 0.15) is 13.2 Å². The lowest BCUT2D eigenvalue weighted by molar-refractivity contribution is -0.166. The number of carbonyl (C=O) groups is 3. The third-order valence-electron chi connectivity index (χ3n) is 14.1. The average molecular weight is 1070 g/mol. The van der Waals surface area contributed by atoms with Crippen LogP contribution in [-0.4, -0.2) is 37.2 Å². The number of allylic oxidation sites excluding steroid dienone is 15. The third kappa shape index (κ3) is 63.0. The fourth-order valence-corrected chi connectivity index (χ4v) is 9.23. The molecule has 0 amide bonds. The van der Waals surface area contributed by atoms with Gasteiger partial charge in [0.2, 0.25) is 0 Å². The van der Waals surface area contributed by atoms with Gasteiger partial charge in [0.05, 0.1) is 6.42 Å². The van der Waals surface area contributed by atoms with E-state index in [-0.39, 0.29) is 31.6 Å². The van der Waals surface area contributed by atoms with Crippen LogP contribution in [0, 0.1) is 0 Å². The normalized spacial score (nSPS) is 12.7. The summed E-state index contributed by atoms with van der Waals surface area (Å²) in [5, 5.41) is 0. The van der Waals surface area contributed by atoms with Gasteiger partial charge in [0.15, 0.2) is 6.10 Å². The molecule has 0 aliphatic carbocycles. The predicted molar refractivity (Wildman–Crippen MR) is 334 cm³/mol. The molecular formula is C71H122O6. The Morgan fingerprint density at radius 1 is 0.286 bits per heavy atom. The molecule has 1 atom stereocenters. The molecule has 0 saturated carbocycles. The average Bonchev–Trinajstić information content (AvgIpc) is 3.43. The van der Waals surface area contributed by atoms with Gasteiger partial charge in [-0.25, -0.2) is 0 Å².